The highest BCUT2D eigenvalue weighted by Gasteiger charge is 2.42. The van der Waals surface area contributed by atoms with Crippen LogP contribution in [0.4, 0.5) is 4.79 Å². The van der Waals surface area contributed by atoms with Crippen molar-refractivity contribution in [3.05, 3.63) is 0 Å². The van der Waals surface area contributed by atoms with Gasteiger partial charge in [-0.05, 0) is 12.8 Å². The van der Waals surface area contributed by atoms with Crippen molar-refractivity contribution in [3.63, 3.8) is 0 Å². The average Bonchev–Trinajstić information content (AvgIpc) is 3.38. The first kappa shape index (κ1) is 29.2. The quantitative estimate of drug-likeness (QED) is 0.0771. The lowest BCUT2D eigenvalue weighted by atomic mass is 10.0. The van der Waals surface area contributed by atoms with Crippen LogP contribution in [0.3, 0.4) is 0 Å². The molecular weight excluding hydrogens is 476 g/mol. The molecule has 3 atom stereocenters. The zero-order valence-corrected chi connectivity index (χ0v) is 21.0. The normalized spacial score (nSPS) is 20.5. The van der Waals surface area contributed by atoms with Crippen LogP contribution in [-0.4, -0.2) is 100 Å². The Hall–Kier alpha value is -2.04. The number of carbonyl (C=O) groups excluding carboxylic acids is 3. The molecule has 0 spiro atoms. The van der Waals surface area contributed by atoms with Crippen LogP contribution in [0, 0.1) is 12.5 Å². The van der Waals surface area contributed by atoms with Crippen molar-refractivity contribution in [3.8, 4) is 12.5 Å². The third-order valence-corrected chi connectivity index (χ3v) is 6.96. The third kappa shape index (κ3) is 13.0. The van der Waals surface area contributed by atoms with Gasteiger partial charge in [-0.1, -0.05) is 12.8 Å². The van der Waals surface area contributed by atoms with Crippen LogP contribution in [0.1, 0.15) is 32.1 Å². The monoisotopic (exact) mass is 514 g/mol. The molecule has 11 nitrogen and oxygen atoms in total. The van der Waals surface area contributed by atoms with Gasteiger partial charge in [0.1, 0.15) is 0 Å². The van der Waals surface area contributed by atoms with Crippen molar-refractivity contribution >= 4 is 29.6 Å². The highest BCUT2D eigenvalue weighted by atomic mass is 32.2. The van der Waals surface area contributed by atoms with Crippen molar-refractivity contribution < 1.29 is 33.3 Å². The Bertz CT molecular complexity index is 691. The van der Waals surface area contributed by atoms with Crippen molar-refractivity contribution in [1.29, 1.82) is 0 Å². The van der Waals surface area contributed by atoms with Gasteiger partial charge in [-0.15, -0.1) is 0 Å². The summed E-state index contributed by atoms with van der Waals surface area (Å²) in [6, 6.07) is 2.47. The summed E-state index contributed by atoms with van der Waals surface area (Å²) in [6.45, 7) is 3.84. The third-order valence-electron chi connectivity index (χ3n) is 5.45. The molecule has 4 N–H and O–H groups in total. The number of urea groups is 1. The molecule has 2 saturated heterocycles. The molecule has 2 fully saturated rings. The van der Waals surface area contributed by atoms with Crippen LogP contribution < -0.4 is 21.3 Å². The molecular formula is C23H38N4O7S. The number of nitrogens with one attached hydrogen (secondary N) is 4. The Labute approximate surface area is 211 Å². The minimum absolute atomic E-state index is 0.0367. The largest absolute Gasteiger partial charge is 0.379 e. The SMILES string of the molecule is C#CNC(=O)CCOCCOCCOCCOCCNC(=O)CCCC[C@@H]1SC[C@@H]2NC(=O)N[C@@H]21. The molecule has 0 aliphatic carbocycles. The fourth-order valence-electron chi connectivity index (χ4n) is 3.69. The van der Waals surface area contributed by atoms with Gasteiger partial charge in [0.05, 0.1) is 71.4 Å². The van der Waals surface area contributed by atoms with E-state index in [2.05, 4.69) is 27.3 Å². The second-order valence-electron chi connectivity index (χ2n) is 8.11. The number of terminal acetylenes is 1. The standard InChI is InChI=1S/C23H38N4O7S/c1-2-24-21(29)7-9-31-11-13-33-15-16-34-14-12-32-10-8-25-20(28)6-4-3-5-19-22-18(17-35-19)26-23(30)27-22/h1,18-19,22H,3-17H2,(H,24,29)(H,25,28)(H2,26,27,30)/t18-,19-,22-/m0/s1. The topological polar surface area (TPSA) is 136 Å². The second kappa shape index (κ2) is 18.3. The van der Waals surface area contributed by atoms with E-state index in [1.54, 1.807) is 0 Å². The minimum atomic E-state index is -0.241. The van der Waals surface area contributed by atoms with E-state index in [0.29, 0.717) is 71.1 Å². The highest BCUT2D eigenvalue weighted by molar-refractivity contribution is 8.00. The van der Waals surface area contributed by atoms with E-state index in [9.17, 15) is 14.4 Å². The number of hydrogen-bond acceptors (Lipinski definition) is 8. The summed E-state index contributed by atoms with van der Waals surface area (Å²) in [5, 5.41) is 11.5. The number of rotatable bonds is 20. The summed E-state index contributed by atoms with van der Waals surface area (Å²) in [6.07, 6.45) is 8.50. The zero-order chi connectivity index (χ0) is 25.1. The lowest BCUT2D eigenvalue weighted by Gasteiger charge is -2.16. The van der Waals surface area contributed by atoms with Gasteiger partial charge in [0.2, 0.25) is 11.8 Å². The average molecular weight is 515 g/mol. The molecule has 0 bridgehead atoms. The molecule has 0 unspecified atom stereocenters. The van der Waals surface area contributed by atoms with E-state index in [1.165, 1.54) is 0 Å². The summed E-state index contributed by atoms with van der Waals surface area (Å²) in [7, 11) is 0. The van der Waals surface area contributed by atoms with Crippen molar-refractivity contribution in [2.24, 2.45) is 0 Å². The van der Waals surface area contributed by atoms with Crippen LogP contribution in [-0.2, 0) is 28.5 Å². The second-order valence-corrected chi connectivity index (χ2v) is 9.38. The maximum atomic E-state index is 11.9. The van der Waals surface area contributed by atoms with Crippen LogP contribution in [0.25, 0.3) is 0 Å². The van der Waals surface area contributed by atoms with Gasteiger partial charge in [-0.3, -0.25) is 14.9 Å². The fraction of sp³-hybridized carbons (Fsp3) is 0.783. The van der Waals surface area contributed by atoms with Crippen LogP contribution in [0.15, 0.2) is 0 Å². The molecule has 12 heteroatoms. The molecule has 2 rings (SSSR count). The van der Waals surface area contributed by atoms with Crippen molar-refractivity contribution in [1.82, 2.24) is 21.3 Å². The molecule has 2 heterocycles. The maximum Gasteiger partial charge on any atom is 0.315 e. The fourth-order valence-corrected chi connectivity index (χ4v) is 5.24. The molecule has 0 aromatic rings. The van der Waals surface area contributed by atoms with Crippen LogP contribution in [0.2, 0.25) is 0 Å². The van der Waals surface area contributed by atoms with Gasteiger partial charge in [-0.25, -0.2) is 4.79 Å². The predicted octanol–water partition coefficient (Wildman–Crippen LogP) is -0.00820. The summed E-state index contributed by atoms with van der Waals surface area (Å²) >= 11 is 1.90. The Kier molecular flexibility index (Phi) is 15.2. The number of amides is 4. The van der Waals surface area contributed by atoms with Crippen molar-refractivity contribution in [2.75, 3.05) is 65.2 Å². The Balaban J connectivity index is 1.27. The van der Waals surface area contributed by atoms with Gasteiger partial charge < -0.3 is 34.9 Å². The van der Waals surface area contributed by atoms with Crippen LogP contribution in [0.5, 0.6) is 0 Å². The molecule has 4 amide bonds. The summed E-state index contributed by atoms with van der Waals surface area (Å²) in [4.78, 5) is 34.4. The summed E-state index contributed by atoms with van der Waals surface area (Å²) < 4.78 is 21.5. The molecule has 0 aromatic carbocycles. The lowest BCUT2D eigenvalue weighted by Crippen LogP contribution is -2.36. The Morgan fingerprint density at radius 2 is 1.57 bits per heavy atom. The smallest absolute Gasteiger partial charge is 0.315 e. The summed E-state index contributed by atoms with van der Waals surface area (Å²) in [5.41, 5.74) is 0. The van der Waals surface area contributed by atoms with E-state index < -0.39 is 0 Å². The molecule has 0 radical (unpaired) electrons. The minimum Gasteiger partial charge on any atom is -0.379 e. The lowest BCUT2D eigenvalue weighted by molar-refractivity contribution is -0.122. The number of thioether (sulfide) groups is 1. The first-order chi connectivity index (χ1) is 17.1. The molecule has 2 aliphatic rings. The van der Waals surface area contributed by atoms with Gasteiger partial charge >= 0.3 is 6.03 Å². The number of hydrogen-bond donors (Lipinski definition) is 4. The molecule has 0 saturated carbocycles. The van der Waals surface area contributed by atoms with Crippen molar-refractivity contribution in [2.45, 2.75) is 49.4 Å². The number of fused-ring (bicyclic) bond motifs is 1. The highest BCUT2D eigenvalue weighted by Crippen LogP contribution is 2.33. The van der Waals surface area contributed by atoms with E-state index in [4.69, 9.17) is 25.4 Å². The van der Waals surface area contributed by atoms with Gasteiger partial charge in [0, 0.05) is 30.0 Å². The predicted molar refractivity (Wildman–Crippen MR) is 132 cm³/mol. The molecule has 198 valence electrons. The number of unbranched alkanes of at least 4 members (excludes halogenated alkanes) is 1. The van der Waals surface area contributed by atoms with Gasteiger partial charge in [0.15, 0.2) is 0 Å². The summed E-state index contributed by atoms with van der Waals surface area (Å²) in [5.74, 6) is 0.755. The first-order valence-corrected chi connectivity index (χ1v) is 13.2. The molecule has 35 heavy (non-hydrogen) atoms. The number of carbonyl (C=O) groups is 3. The zero-order valence-electron chi connectivity index (χ0n) is 20.2. The Morgan fingerprint density at radius 3 is 2.26 bits per heavy atom. The molecule has 0 aromatic heterocycles. The van der Waals surface area contributed by atoms with Gasteiger partial charge in [-0.2, -0.15) is 11.8 Å². The first-order valence-electron chi connectivity index (χ1n) is 12.1. The van der Waals surface area contributed by atoms with E-state index >= 15 is 0 Å². The Morgan fingerprint density at radius 1 is 0.914 bits per heavy atom. The molecule has 2 aliphatic heterocycles. The number of ether oxygens (including phenoxy) is 4. The van der Waals surface area contributed by atoms with E-state index in [-0.39, 0.29) is 36.3 Å². The van der Waals surface area contributed by atoms with Gasteiger partial charge in [0.25, 0.3) is 0 Å². The maximum absolute atomic E-state index is 11.9. The van der Waals surface area contributed by atoms with E-state index in [1.807, 2.05) is 11.8 Å². The van der Waals surface area contributed by atoms with Crippen LogP contribution >= 0.6 is 11.8 Å². The van der Waals surface area contributed by atoms with E-state index in [0.717, 1.165) is 25.0 Å².